The molecule has 2 nitrogen and oxygen atoms in total. The van der Waals surface area contributed by atoms with Crippen molar-refractivity contribution in [2.45, 2.75) is 12.5 Å². The van der Waals surface area contributed by atoms with E-state index in [1.807, 2.05) is 49.6 Å². The fraction of sp³-hybridized carbons (Fsp3) is 0.118. The summed E-state index contributed by atoms with van der Waals surface area (Å²) in [5.74, 6) is 0. The van der Waals surface area contributed by atoms with Gasteiger partial charge in [-0.2, -0.15) is 0 Å². The Balaban J connectivity index is 2.24. The quantitative estimate of drug-likeness (QED) is 0.754. The van der Waals surface area contributed by atoms with Crippen LogP contribution in [-0.2, 0) is 5.54 Å². The van der Waals surface area contributed by atoms with Gasteiger partial charge in [0.2, 0.25) is 0 Å². The van der Waals surface area contributed by atoms with E-state index >= 15 is 0 Å². The van der Waals surface area contributed by atoms with Gasteiger partial charge in [-0.3, -0.25) is 4.98 Å². The van der Waals surface area contributed by atoms with E-state index in [-0.39, 0.29) is 0 Å². The van der Waals surface area contributed by atoms with E-state index in [4.69, 9.17) is 5.73 Å². The highest BCUT2D eigenvalue weighted by Gasteiger charge is 2.25. The Kier molecular flexibility index (Phi) is 2.80. The molecule has 1 aromatic heterocycles. The van der Waals surface area contributed by atoms with Crippen LogP contribution in [0.5, 0.6) is 0 Å². The Bertz CT molecular complexity index is 697. The number of nitrogens with zero attached hydrogens (tertiary/aromatic N) is 1. The second kappa shape index (κ2) is 4.48. The second-order valence-corrected chi connectivity index (χ2v) is 4.98. The van der Waals surface area contributed by atoms with Gasteiger partial charge in [-0.25, -0.2) is 0 Å². The molecule has 2 aromatic carbocycles. The van der Waals surface area contributed by atoms with Crippen molar-refractivity contribution < 1.29 is 0 Å². The molecule has 0 saturated heterocycles. The van der Waals surface area contributed by atoms with Gasteiger partial charge in [-0.05, 0) is 17.9 Å². The Labute approximate surface area is 112 Å². The highest BCUT2D eigenvalue weighted by atomic mass is 14.7. The summed E-state index contributed by atoms with van der Waals surface area (Å²) in [6.45, 7) is 2.03. The minimum Gasteiger partial charge on any atom is -0.318 e. The Hall–Kier alpha value is -2.19. The summed E-state index contributed by atoms with van der Waals surface area (Å²) in [5, 5.41) is 2.28. The van der Waals surface area contributed by atoms with Crippen molar-refractivity contribution in [3.63, 3.8) is 0 Å². The predicted octanol–water partition coefficient (Wildman–Crippen LogP) is 3.46. The van der Waals surface area contributed by atoms with E-state index in [1.54, 1.807) is 0 Å². The summed E-state index contributed by atoms with van der Waals surface area (Å²) in [4.78, 5) is 4.32. The van der Waals surface area contributed by atoms with Gasteiger partial charge in [0.25, 0.3) is 0 Å². The first-order valence-electron chi connectivity index (χ1n) is 6.37. The molecule has 0 radical (unpaired) electrons. The van der Waals surface area contributed by atoms with E-state index in [2.05, 4.69) is 29.2 Å². The van der Waals surface area contributed by atoms with E-state index in [0.717, 1.165) is 21.9 Å². The number of pyridine rings is 1. The van der Waals surface area contributed by atoms with Crippen molar-refractivity contribution in [3.05, 3.63) is 78.1 Å². The molecule has 0 aliphatic rings. The Morgan fingerprint density at radius 3 is 2.37 bits per heavy atom. The van der Waals surface area contributed by atoms with Gasteiger partial charge in [0.1, 0.15) is 0 Å². The summed E-state index contributed by atoms with van der Waals surface area (Å²) >= 11 is 0. The molecule has 2 N–H and O–H groups in total. The van der Waals surface area contributed by atoms with Crippen molar-refractivity contribution in [2.75, 3.05) is 0 Å². The number of fused-ring (bicyclic) bond motifs is 1. The minimum atomic E-state index is -0.547. The molecule has 0 saturated carbocycles. The number of nitrogens with two attached hydrogens (primary N) is 1. The summed E-state index contributed by atoms with van der Waals surface area (Å²) in [6.07, 6.45) is 3.75. The first-order valence-corrected chi connectivity index (χ1v) is 6.37. The fourth-order valence-corrected chi connectivity index (χ4v) is 2.47. The summed E-state index contributed by atoms with van der Waals surface area (Å²) in [6, 6.07) is 18.4. The zero-order chi connectivity index (χ0) is 13.3. The number of benzene rings is 2. The lowest BCUT2D eigenvalue weighted by Crippen LogP contribution is -2.34. The lowest BCUT2D eigenvalue weighted by atomic mass is 9.84. The molecule has 1 heterocycles. The lowest BCUT2D eigenvalue weighted by Gasteiger charge is -2.27. The fourth-order valence-electron chi connectivity index (χ4n) is 2.47. The van der Waals surface area contributed by atoms with E-state index < -0.39 is 5.54 Å². The summed E-state index contributed by atoms with van der Waals surface area (Å²) in [5.41, 5.74) is 8.18. The normalized spacial score (nSPS) is 14.2. The maximum Gasteiger partial charge on any atom is 0.0658 e. The highest BCUT2D eigenvalue weighted by Crippen LogP contribution is 2.31. The lowest BCUT2D eigenvalue weighted by molar-refractivity contribution is 0.606. The molecule has 0 aliphatic heterocycles. The molecule has 0 aliphatic carbocycles. The van der Waals surface area contributed by atoms with Crippen LogP contribution in [0.4, 0.5) is 0 Å². The van der Waals surface area contributed by atoms with Gasteiger partial charge in [0.05, 0.1) is 5.54 Å². The van der Waals surface area contributed by atoms with E-state index in [1.165, 1.54) is 0 Å². The first kappa shape index (κ1) is 11.9. The molecule has 1 atom stereocenters. The van der Waals surface area contributed by atoms with E-state index in [9.17, 15) is 0 Å². The van der Waals surface area contributed by atoms with Crippen LogP contribution in [-0.4, -0.2) is 4.98 Å². The van der Waals surface area contributed by atoms with Crippen LogP contribution in [0.2, 0.25) is 0 Å². The van der Waals surface area contributed by atoms with Gasteiger partial charge in [-0.1, -0.05) is 54.6 Å². The average molecular weight is 248 g/mol. The SMILES string of the molecule is CC(N)(c1ccccc1)c1cncc2ccccc12. The van der Waals surface area contributed by atoms with Crippen molar-refractivity contribution in [2.24, 2.45) is 5.73 Å². The average Bonchev–Trinajstić information content (AvgIpc) is 2.47. The zero-order valence-corrected chi connectivity index (χ0v) is 10.9. The molecular formula is C17H16N2. The molecule has 0 amide bonds. The van der Waals surface area contributed by atoms with Crippen molar-refractivity contribution in [3.8, 4) is 0 Å². The van der Waals surface area contributed by atoms with Crippen LogP contribution in [0.25, 0.3) is 10.8 Å². The molecule has 19 heavy (non-hydrogen) atoms. The maximum atomic E-state index is 6.59. The van der Waals surface area contributed by atoms with Crippen LogP contribution in [0.15, 0.2) is 67.0 Å². The standard InChI is InChI=1S/C17H16N2/c1-17(18,14-8-3-2-4-9-14)16-12-19-11-13-7-5-6-10-15(13)16/h2-12H,18H2,1H3. The van der Waals surface area contributed by atoms with Gasteiger partial charge in [-0.15, -0.1) is 0 Å². The van der Waals surface area contributed by atoms with Gasteiger partial charge in [0.15, 0.2) is 0 Å². The third kappa shape index (κ3) is 2.00. The van der Waals surface area contributed by atoms with Crippen LogP contribution in [0.1, 0.15) is 18.1 Å². The van der Waals surface area contributed by atoms with Crippen LogP contribution in [0.3, 0.4) is 0 Å². The molecule has 0 bridgehead atoms. The molecule has 2 heteroatoms. The van der Waals surface area contributed by atoms with Gasteiger partial charge >= 0.3 is 0 Å². The largest absolute Gasteiger partial charge is 0.318 e. The first-order chi connectivity index (χ1) is 9.19. The Morgan fingerprint density at radius 1 is 0.895 bits per heavy atom. The zero-order valence-electron chi connectivity index (χ0n) is 10.9. The topological polar surface area (TPSA) is 38.9 Å². The molecule has 94 valence electrons. The number of hydrogen-bond acceptors (Lipinski definition) is 2. The molecule has 0 fully saturated rings. The Morgan fingerprint density at radius 2 is 1.58 bits per heavy atom. The highest BCUT2D eigenvalue weighted by molar-refractivity contribution is 5.86. The molecule has 3 rings (SSSR count). The maximum absolute atomic E-state index is 6.59. The second-order valence-electron chi connectivity index (χ2n) is 4.98. The van der Waals surface area contributed by atoms with Crippen LogP contribution >= 0.6 is 0 Å². The van der Waals surface area contributed by atoms with Gasteiger partial charge < -0.3 is 5.73 Å². The van der Waals surface area contributed by atoms with Crippen molar-refractivity contribution >= 4 is 10.8 Å². The number of rotatable bonds is 2. The molecule has 0 spiro atoms. The minimum absolute atomic E-state index is 0.547. The smallest absolute Gasteiger partial charge is 0.0658 e. The van der Waals surface area contributed by atoms with Crippen LogP contribution < -0.4 is 5.73 Å². The summed E-state index contributed by atoms with van der Waals surface area (Å²) in [7, 11) is 0. The molecule has 3 aromatic rings. The molecular weight excluding hydrogens is 232 g/mol. The van der Waals surface area contributed by atoms with Crippen LogP contribution in [0, 0.1) is 0 Å². The number of aromatic nitrogens is 1. The predicted molar refractivity (Wildman–Crippen MR) is 78.8 cm³/mol. The number of hydrogen-bond donors (Lipinski definition) is 1. The van der Waals surface area contributed by atoms with E-state index in [0.29, 0.717) is 0 Å². The third-order valence-electron chi connectivity index (χ3n) is 3.60. The molecule has 1 unspecified atom stereocenters. The summed E-state index contributed by atoms with van der Waals surface area (Å²) < 4.78 is 0. The third-order valence-corrected chi connectivity index (χ3v) is 3.60. The van der Waals surface area contributed by atoms with Crippen molar-refractivity contribution in [1.82, 2.24) is 4.98 Å². The van der Waals surface area contributed by atoms with Gasteiger partial charge in [0, 0.05) is 23.3 Å². The monoisotopic (exact) mass is 248 g/mol. The van der Waals surface area contributed by atoms with Crippen molar-refractivity contribution in [1.29, 1.82) is 0 Å².